The van der Waals surface area contributed by atoms with Crippen LogP contribution in [0.2, 0.25) is 0 Å². The molecule has 2 aliphatic rings. The first-order chi connectivity index (χ1) is 11.0. The van der Waals surface area contributed by atoms with E-state index in [-0.39, 0.29) is 0 Å². The zero-order chi connectivity index (χ0) is 16.3. The average molecular weight is 318 g/mol. The van der Waals surface area contributed by atoms with Crippen molar-refractivity contribution in [2.24, 2.45) is 0 Å². The minimum absolute atomic E-state index is 0.316. The van der Waals surface area contributed by atoms with Gasteiger partial charge in [0.1, 0.15) is 0 Å². The number of hydrogen-bond acceptors (Lipinski definition) is 4. The molecule has 126 valence electrons. The normalized spacial score (nSPS) is 26.5. The first-order valence-electron chi connectivity index (χ1n) is 8.53. The molecule has 3 rings (SSSR count). The lowest BCUT2D eigenvalue weighted by atomic mass is 10.0. The summed E-state index contributed by atoms with van der Waals surface area (Å²) >= 11 is 0. The van der Waals surface area contributed by atoms with Gasteiger partial charge >= 0.3 is 5.97 Å². The van der Waals surface area contributed by atoms with E-state index in [1.54, 1.807) is 12.1 Å². The van der Waals surface area contributed by atoms with Crippen LogP contribution in [0.5, 0.6) is 0 Å². The molecule has 1 aromatic rings. The van der Waals surface area contributed by atoms with Crippen LogP contribution in [0, 0.1) is 0 Å². The molecule has 23 heavy (non-hydrogen) atoms. The predicted octanol–water partition coefficient (Wildman–Crippen LogP) is 1.81. The topological polar surface area (TPSA) is 64.0 Å². The summed E-state index contributed by atoms with van der Waals surface area (Å²) in [5.74, 6) is -0.895. The Hall–Kier alpha value is -1.43. The number of aliphatic hydroxyl groups is 1. The van der Waals surface area contributed by atoms with Gasteiger partial charge in [-0.1, -0.05) is 18.6 Å². The highest BCUT2D eigenvalue weighted by atomic mass is 16.4. The zero-order valence-corrected chi connectivity index (χ0v) is 13.6. The Morgan fingerprint density at radius 1 is 1.04 bits per heavy atom. The van der Waals surface area contributed by atoms with Crippen LogP contribution in [0.15, 0.2) is 24.3 Å². The van der Waals surface area contributed by atoms with Crippen LogP contribution >= 0.6 is 0 Å². The second-order valence-corrected chi connectivity index (χ2v) is 7.02. The van der Waals surface area contributed by atoms with Crippen LogP contribution in [0.3, 0.4) is 0 Å². The molecule has 0 aliphatic carbocycles. The molecule has 2 saturated heterocycles. The number of likely N-dealkylation sites (tertiary alicyclic amines) is 2. The van der Waals surface area contributed by atoms with Crippen molar-refractivity contribution in [1.82, 2.24) is 9.80 Å². The molecule has 0 aromatic heterocycles. The molecule has 1 aromatic carbocycles. The van der Waals surface area contributed by atoms with Crippen molar-refractivity contribution in [1.29, 1.82) is 0 Å². The van der Waals surface area contributed by atoms with Crippen molar-refractivity contribution >= 4 is 5.97 Å². The number of hydrogen-bond donors (Lipinski definition) is 2. The van der Waals surface area contributed by atoms with Gasteiger partial charge in [-0.05, 0) is 50.0 Å². The summed E-state index contributed by atoms with van der Waals surface area (Å²) in [6, 6.07) is 7.03. The Kier molecular flexibility index (Phi) is 4.99. The predicted molar refractivity (Wildman–Crippen MR) is 88.5 cm³/mol. The molecular formula is C18H26N2O3. The number of benzene rings is 1. The van der Waals surface area contributed by atoms with Gasteiger partial charge in [-0.25, -0.2) is 4.79 Å². The van der Waals surface area contributed by atoms with Crippen LogP contribution in [0.1, 0.15) is 41.6 Å². The largest absolute Gasteiger partial charge is 0.478 e. The SMILES string of the molecule is O=C(O)c1ccc(CN2CC[C@](O)(CN3CCCCC3)C2)cc1. The Morgan fingerprint density at radius 2 is 1.74 bits per heavy atom. The number of carboxylic acid groups (broad SMARTS) is 1. The number of nitrogens with zero attached hydrogens (tertiary/aromatic N) is 2. The van der Waals surface area contributed by atoms with Crippen molar-refractivity contribution in [3.8, 4) is 0 Å². The van der Waals surface area contributed by atoms with Gasteiger partial charge in [0.15, 0.2) is 0 Å². The monoisotopic (exact) mass is 318 g/mol. The van der Waals surface area contributed by atoms with Gasteiger partial charge in [-0.2, -0.15) is 0 Å². The summed E-state index contributed by atoms with van der Waals surface area (Å²) in [7, 11) is 0. The van der Waals surface area contributed by atoms with Crippen molar-refractivity contribution in [2.75, 3.05) is 32.7 Å². The lowest BCUT2D eigenvalue weighted by molar-refractivity contribution is 0.00635. The van der Waals surface area contributed by atoms with Crippen molar-refractivity contribution < 1.29 is 15.0 Å². The fourth-order valence-corrected chi connectivity index (χ4v) is 3.75. The minimum Gasteiger partial charge on any atom is -0.478 e. The molecule has 0 amide bonds. The fraction of sp³-hybridized carbons (Fsp3) is 0.611. The summed E-state index contributed by atoms with van der Waals surface area (Å²) in [5, 5.41) is 19.8. The molecule has 2 aliphatic heterocycles. The molecule has 1 atom stereocenters. The Morgan fingerprint density at radius 3 is 2.39 bits per heavy atom. The first kappa shape index (κ1) is 16.4. The Balaban J connectivity index is 1.53. The number of carboxylic acids is 1. The molecule has 2 N–H and O–H groups in total. The number of carbonyl (C=O) groups is 1. The highest BCUT2D eigenvalue weighted by Gasteiger charge is 2.37. The van der Waals surface area contributed by atoms with Gasteiger partial charge in [0.25, 0.3) is 0 Å². The molecule has 0 bridgehead atoms. The number of piperidine rings is 1. The van der Waals surface area contributed by atoms with Crippen molar-refractivity contribution in [3.05, 3.63) is 35.4 Å². The maximum atomic E-state index is 10.9. The maximum Gasteiger partial charge on any atom is 0.335 e. The van der Waals surface area contributed by atoms with Gasteiger partial charge in [0.2, 0.25) is 0 Å². The molecule has 0 unspecified atom stereocenters. The Labute approximate surface area is 137 Å². The second kappa shape index (κ2) is 6.99. The number of β-amino-alcohol motifs (C(OH)–C–C–N with tert-alkyl or cyclic N) is 1. The Bertz CT molecular complexity index is 540. The van der Waals surface area contributed by atoms with E-state index >= 15 is 0 Å². The zero-order valence-electron chi connectivity index (χ0n) is 13.6. The third-order valence-corrected chi connectivity index (χ3v) is 4.98. The van der Waals surface area contributed by atoms with E-state index in [0.717, 1.165) is 44.7 Å². The van der Waals surface area contributed by atoms with E-state index in [9.17, 15) is 9.90 Å². The fourth-order valence-electron chi connectivity index (χ4n) is 3.75. The lowest BCUT2D eigenvalue weighted by Gasteiger charge is -2.33. The third kappa shape index (κ3) is 4.31. The van der Waals surface area contributed by atoms with E-state index in [1.165, 1.54) is 19.3 Å². The van der Waals surface area contributed by atoms with Gasteiger partial charge in [-0.15, -0.1) is 0 Å². The molecule has 5 heteroatoms. The van der Waals surface area contributed by atoms with Gasteiger partial charge in [-0.3, -0.25) is 4.90 Å². The van der Waals surface area contributed by atoms with Crippen LogP contribution in [-0.2, 0) is 6.54 Å². The van der Waals surface area contributed by atoms with E-state index in [4.69, 9.17) is 5.11 Å². The molecular weight excluding hydrogens is 292 g/mol. The van der Waals surface area contributed by atoms with Crippen LogP contribution in [0.25, 0.3) is 0 Å². The van der Waals surface area contributed by atoms with E-state index in [2.05, 4.69) is 9.80 Å². The number of aromatic carboxylic acids is 1. The minimum atomic E-state index is -0.895. The van der Waals surface area contributed by atoms with Crippen molar-refractivity contribution in [3.63, 3.8) is 0 Å². The van der Waals surface area contributed by atoms with E-state index < -0.39 is 11.6 Å². The summed E-state index contributed by atoms with van der Waals surface area (Å²) < 4.78 is 0. The van der Waals surface area contributed by atoms with Crippen LogP contribution < -0.4 is 0 Å². The van der Waals surface area contributed by atoms with Crippen molar-refractivity contribution in [2.45, 2.75) is 37.8 Å². The second-order valence-electron chi connectivity index (χ2n) is 7.02. The van der Waals surface area contributed by atoms with Crippen LogP contribution in [0.4, 0.5) is 0 Å². The molecule has 0 saturated carbocycles. The van der Waals surface area contributed by atoms with Crippen LogP contribution in [-0.4, -0.2) is 64.3 Å². The molecule has 2 heterocycles. The number of rotatable bonds is 5. The standard InChI is InChI=1S/C18H26N2O3/c21-17(22)16-6-4-15(5-7-16)12-20-11-8-18(23,14-20)13-19-9-2-1-3-10-19/h4-7,23H,1-3,8-14H2,(H,21,22)/t18-/m0/s1. The maximum absolute atomic E-state index is 10.9. The molecule has 0 radical (unpaired) electrons. The highest BCUT2D eigenvalue weighted by molar-refractivity contribution is 5.87. The summed E-state index contributed by atoms with van der Waals surface area (Å²) in [5.41, 5.74) is 0.812. The van der Waals surface area contributed by atoms with Gasteiger partial charge < -0.3 is 15.1 Å². The molecule has 0 spiro atoms. The quantitative estimate of drug-likeness (QED) is 0.867. The summed E-state index contributed by atoms with van der Waals surface area (Å²) in [6.45, 7) is 5.36. The summed E-state index contributed by atoms with van der Waals surface area (Å²) in [6.07, 6.45) is 4.62. The molecule has 5 nitrogen and oxygen atoms in total. The third-order valence-electron chi connectivity index (χ3n) is 4.98. The van der Waals surface area contributed by atoms with E-state index in [1.807, 2.05) is 12.1 Å². The smallest absolute Gasteiger partial charge is 0.335 e. The van der Waals surface area contributed by atoms with Gasteiger partial charge in [0, 0.05) is 26.2 Å². The first-order valence-corrected chi connectivity index (χ1v) is 8.53. The lowest BCUT2D eigenvalue weighted by Crippen LogP contribution is -2.46. The summed E-state index contributed by atoms with van der Waals surface area (Å²) in [4.78, 5) is 15.5. The molecule has 2 fully saturated rings. The van der Waals surface area contributed by atoms with E-state index in [0.29, 0.717) is 12.1 Å². The van der Waals surface area contributed by atoms with Gasteiger partial charge in [0.05, 0.1) is 11.2 Å². The average Bonchev–Trinajstić information content (AvgIpc) is 2.89. The highest BCUT2D eigenvalue weighted by Crippen LogP contribution is 2.25.